The van der Waals surface area contributed by atoms with Crippen molar-refractivity contribution in [1.29, 1.82) is 0 Å². The quantitative estimate of drug-likeness (QED) is 0.304. The van der Waals surface area contributed by atoms with E-state index in [1.165, 1.54) is 0 Å². The zero-order valence-electron chi connectivity index (χ0n) is 11.8. The van der Waals surface area contributed by atoms with Crippen molar-refractivity contribution in [2.75, 3.05) is 0 Å². The van der Waals surface area contributed by atoms with Crippen LogP contribution in [0.3, 0.4) is 0 Å². The van der Waals surface area contributed by atoms with Crippen LogP contribution in [0.5, 0.6) is 0 Å². The summed E-state index contributed by atoms with van der Waals surface area (Å²) in [7, 11) is -12.0. The third-order valence-corrected chi connectivity index (χ3v) is 4.76. The Morgan fingerprint density at radius 2 is 0.692 bits per heavy atom. The third kappa shape index (κ3) is 3.47. The van der Waals surface area contributed by atoms with E-state index < -0.39 is 76.2 Å². The maximum Gasteiger partial charge on any atom is 0.338 e. The number of hydrogen-bond acceptors (Lipinski definition) is 8. The van der Waals surface area contributed by atoms with Gasteiger partial charge in [-0.05, 0) is 0 Å². The zero-order valence-corrected chi connectivity index (χ0v) is 13.4. The monoisotopic (exact) mass is 414 g/mol. The van der Waals surface area contributed by atoms with Gasteiger partial charge in [0, 0.05) is 0 Å². The van der Waals surface area contributed by atoms with Gasteiger partial charge in [-0.2, -0.15) is 16.8 Å². The van der Waals surface area contributed by atoms with E-state index in [1.807, 2.05) is 0 Å². The van der Waals surface area contributed by atoms with Crippen LogP contribution in [0.25, 0.3) is 0 Å². The van der Waals surface area contributed by atoms with Gasteiger partial charge >= 0.3 is 23.9 Å². The van der Waals surface area contributed by atoms with Gasteiger partial charge in [-0.1, -0.05) is 0 Å². The molecule has 0 saturated carbocycles. The Labute approximate surface area is 142 Å². The van der Waals surface area contributed by atoms with Gasteiger partial charge in [0.05, 0.1) is 22.3 Å². The smallest absolute Gasteiger partial charge is 0.338 e. The van der Waals surface area contributed by atoms with Crippen LogP contribution in [0.15, 0.2) is 9.79 Å². The van der Waals surface area contributed by atoms with E-state index in [-0.39, 0.29) is 0 Å². The van der Waals surface area contributed by atoms with Gasteiger partial charge in [0.1, 0.15) is 9.79 Å². The number of hydrogen-bond donors (Lipinski definition) is 6. The third-order valence-electron chi connectivity index (χ3n) is 2.78. The lowest BCUT2D eigenvalue weighted by atomic mass is 9.95. The Balaban J connectivity index is 4.79. The molecule has 26 heavy (non-hydrogen) atoms. The Hall–Kier alpha value is -3.08. The van der Waals surface area contributed by atoms with E-state index in [4.69, 9.17) is 29.5 Å². The van der Waals surface area contributed by atoms with E-state index in [0.717, 1.165) is 0 Å². The molecule has 0 bridgehead atoms. The average molecular weight is 414 g/mol. The lowest BCUT2D eigenvalue weighted by Crippen LogP contribution is -2.27. The van der Waals surface area contributed by atoms with E-state index in [0.29, 0.717) is 0 Å². The highest BCUT2D eigenvalue weighted by Crippen LogP contribution is 2.35. The molecule has 1 aromatic carbocycles. The van der Waals surface area contributed by atoms with Crippen molar-refractivity contribution < 1.29 is 65.5 Å². The summed E-state index contributed by atoms with van der Waals surface area (Å²) in [5.74, 6) is -10.0. The van der Waals surface area contributed by atoms with Crippen molar-refractivity contribution in [1.82, 2.24) is 0 Å². The second-order valence-electron chi connectivity index (χ2n) is 4.33. The molecule has 1 rings (SSSR count). The van der Waals surface area contributed by atoms with Gasteiger partial charge in [-0.15, -0.1) is 0 Å². The second kappa shape index (κ2) is 6.33. The Bertz CT molecular complexity index is 988. The highest BCUT2D eigenvalue weighted by atomic mass is 32.2. The molecule has 14 nitrogen and oxygen atoms in total. The molecule has 0 amide bonds. The Morgan fingerprint density at radius 3 is 0.808 bits per heavy atom. The van der Waals surface area contributed by atoms with Crippen LogP contribution < -0.4 is 0 Å². The minimum atomic E-state index is -5.99. The number of carboxylic acid groups (broad SMARTS) is 4. The Kier molecular flexibility index (Phi) is 5.11. The van der Waals surface area contributed by atoms with Crippen LogP contribution >= 0.6 is 0 Å². The number of aromatic carboxylic acids is 4. The molecule has 0 aliphatic heterocycles. The van der Waals surface area contributed by atoms with E-state index >= 15 is 0 Å². The number of carbonyl (C=O) groups is 4. The maximum atomic E-state index is 11.4. The first kappa shape index (κ1) is 21.0. The van der Waals surface area contributed by atoms with Crippen LogP contribution in [0.4, 0.5) is 0 Å². The normalized spacial score (nSPS) is 11.8. The van der Waals surface area contributed by atoms with Crippen molar-refractivity contribution in [2.45, 2.75) is 9.79 Å². The molecule has 0 atom stereocenters. The fourth-order valence-electron chi connectivity index (χ4n) is 2.03. The van der Waals surface area contributed by atoms with Crippen LogP contribution in [-0.4, -0.2) is 70.2 Å². The molecule has 0 unspecified atom stereocenters. The van der Waals surface area contributed by atoms with Crippen molar-refractivity contribution in [3.63, 3.8) is 0 Å². The lowest BCUT2D eigenvalue weighted by molar-refractivity contribution is 0.0613. The molecule has 0 fully saturated rings. The summed E-state index contributed by atoms with van der Waals surface area (Å²) in [6, 6.07) is 0. The van der Waals surface area contributed by atoms with E-state index in [9.17, 15) is 36.0 Å². The van der Waals surface area contributed by atoms with Gasteiger partial charge in [0.25, 0.3) is 20.2 Å². The molecule has 1 aromatic rings. The highest BCUT2D eigenvalue weighted by Gasteiger charge is 2.43. The summed E-state index contributed by atoms with van der Waals surface area (Å²) in [5.41, 5.74) is -8.03. The van der Waals surface area contributed by atoms with Crippen LogP contribution in [0, 0.1) is 0 Å². The molecular formula is C10H6O14S2. The van der Waals surface area contributed by atoms with Gasteiger partial charge in [0.2, 0.25) is 0 Å². The molecule has 0 aliphatic rings. The predicted octanol–water partition coefficient (Wildman–Crippen LogP) is -1.03. The lowest BCUT2D eigenvalue weighted by Gasteiger charge is -2.16. The molecule has 142 valence electrons. The van der Waals surface area contributed by atoms with Gasteiger partial charge in [-0.3, -0.25) is 9.11 Å². The first-order chi connectivity index (χ1) is 11.5. The van der Waals surface area contributed by atoms with E-state index in [2.05, 4.69) is 0 Å². The first-order valence-corrected chi connectivity index (χ1v) is 8.53. The fraction of sp³-hybridized carbons (Fsp3) is 0. The van der Waals surface area contributed by atoms with Gasteiger partial charge in [0.15, 0.2) is 0 Å². The maximum absolute atomic E-state index is 11.4. The molecule has 6 N–H and O–H groups in total. The van der Waals surface area contributed by atoms with Crippen LogP contribution in [0.1, 0.15) is 41.4 Å². The predicted molar refractivity (Wildman–Crippen MR) is 73.9 cm³/mol. The topological polar surface area (TPSA) is 258 Å². The summed E-state index contributed by atoms with van der Waals surface area (Å²) in [5, 5.41) is 36.1. The van der Waals surface area contributed by atoms with Crippen molar-refractivity contribution in [2.24, 2.45) is 0 Å². The summed E-state index contributed by atoms with van der Waals surface area (Å²) >= 11 is 0. The zero-order chi connectivity index (χ0) is 20.8. The molecular weight excluding hydrogens is 408 g/mol. The largest absolute Gasteiger partial charge is 0.478 e. The molecule has 0 aromatic heterocycles. The van der Waals surface area contributed by atoms with Gasteiger partial charge < -0.3 is 20.4 Å². The highest BCUT2D eigenvalue weighted by molar-refractivity contribution is 7.89. The molecule has 0 aliphatic carbocycles. The number of benzene rings is 1. The van der Waals surface area contributed by atoms with Crippen LogP contribution in [0.2, 0.25) is 0 Å². The standard InChI is InChI=1S/C10H6O14S2/c11-7(12)1-2(8(13)14)4(10(17)18)6(26(22,23)24)5(25(19,20)21)3(1)9(15)16/h(H,11,12)(H,13,14)(H,15,16)(H,17,18)(H,19,20,21)(H,22,23,24). The summed E-state index contributed by atoms with van der Waals surface area (Å²) < 4.78 is 64.0. The van der Waals surface area contributed by atoms with Crippen LogP contribution in [-0.2, 0) is 20.2 Å². The molecule has 0 saturated heterocycles. The summed E-state index contributed by atoms with van der Waals surface area (Å²) in [4.78, 5) is 40.4. The SMILES string of the molecule is O=C(O)c1c(C(=O)O)c(C(=O)O)c(S(=O)(=O)O)c(S(=O)(=O)O)c1C(=O)O. The first-order valence-electron chi connectivity index (χ1n) is 5.65. The number of rotatable bonds is 6. The Morgan fingerprint density at radius 1 is 0.500 bits per heavy atom. The average Bonchev–Trinajstić information content (AvgIpc) is 2.41. The molecule has 0 spiro atoms. The fourth-order valence-corrected chi connectivity index (χ4v) is 4.23. The number of carboxylic acids is 4. The van der Waals surface area contributed by atoms with Crippen molar-refractivity contribution >= 4 is 44.1 Å². The van der Waals surface area contributed by atoms with Crippen molar-refractivity contribution in [3.05, 3.63) is 22.3 Å². The minimum absolute atomic E-state index is 1.94. The van der Waals surface area contributed by atoms with Crippen molar-refractivity contribution in [3.8, 4) is 0 Å². The summed E-state index contributed by atoms with van der Waals surface area (Å²) in [6.45, 7) is 0. The molecule has 0 heterocycles. The summed E-state index contributed by atoms with van der Waals surface area (Å²) in [6.07, 6.45) is 0. The molecule has 16 heteroatoms. The minimum Gasteiger partial charge on any atom is -0.478 e. The molecule has 0 radical (unpaired) electrons. The van der Waals surface area contributed by atoms with E-state index in [1.54, 1.807) is 0 Å². The second-order valence-corrected chi connectivity index (χ2v) is 7.05. The van der Waals surface area contributed by atoms with Gasteiger partial charge in [-0.25, -0.2) is 19.2 Å².